The average Bonchev–Trinajstić information content (AvgIpc) is 3.08. The number of amides is 3. The first kappa shape index (κ1) is 23.6. The standard InChI is InChI=1S/C25H30N2O5/c1-16(2)18-9-11-20(12-10-18)27-22(28)14-21(25(27)30)26(15-23(31-4)32-5)24(29)19-8-6-7-17(3)13-19/h6-13,16,21,23H,14-15H2,1-5H3. The summed E-state index contributed by atoms with van der Waals surface area (Å²) in [6.45, 7) is 6.06. The highest BCUT2D eigenvalue weighted by atomic mass is 16.7. The normalized spacial score (nSPS) is 16.3. The topological polar surface area (TPSA) is 76.2 Å². The molecule has 7 heteroatoms. The van der Waals surface area contributed by atoms with Crippen LogP contribution >= 0.6 is 0 Å². The van der Waals surface area contributed by atoms with Gasteiger partial charge >= 0.3 is 0 Å². The molecule has 0 N–H and O–H groups in total. The molecule has 0 aliphatic carbocycles. The van der Waals surface area contributed by atoms with Crippen molar-refractivity contribution in [3.8, 4) is 0 Å². The summed E-state index contributed by atoms with van der Waals surface area (Å²) in [5, 5.41) is 0. The van der Waals surface area contributed by atoms with Gasteiger partial charge in [-0.2, -0.15) is 0 Å². The second-order valence-electron chi connectivity index (χ2n) is 8.26. The molecule has 3 amide bonds. The van der Waals surface area contributed by atoms with E-state index in [1.165, 1.54) is 24.0 Å². The van der Waals surface area contributed by atoms with E-state index in [1.54, 1.807) is 30.3 Å². The van der Waals surface area contributed by atoms with Crippen LogP contribution in [0.1, 0.15) is 47.7 Å². The first-order chi connectivity index (χ1) is 15.3. The highest BCUT2D eigenvalue weighted by Crippen LogP contribution is 2.28. The van der Waals surface area contributed by atoms with Crippen LogP contribution in [0.2, 0.25) is 0 Å². The molecule has 7 nitrogen and oxygen atoms in total. The second-order valence-corrected chi connectivity index (χ2v) is 8.26. The molecule has 2 aromatic rings. The van der Waals surface area contributed by atoms with E-state index in [4.69, 9.17) is 9.47 Å². The van der Waals surface area contributed by atoms with Gasteiger partial charge in [0.2, 0.25) is 5.91 Å². The number of nitrogens with zero attached hydrogens (tertiary/aromatic N) is 2. The first-order valence-corrected chi connectivity index (χ1v) is 10.7. The number of benzene rings is 2. The number of imide groups is 1. The molecule has 170 valence electrons. The van der Waals surface area contributed by atoms with Gasteiger partial charge in [0.15, 0.2) is 6.29 Å². The minimum atomic E-state index is -0.937. The summed E-state index contributed by atoms with van der Waals surface area (Å²) in [6.07, 6.45) is -0.825. The number of rotatable bonds is 8. The molecule has 3 rings (SSSR count). The Labute approximate surface area is 188 Å². The number of ether oxygens (including phenoxy) is 2. The van der Waals surface area contributed by atoms with Crippen LogP contribution in [0.3, 0.4) is 0 Å². The minimum Gasteiger partial charge on any atom is -0.354 e. The molecular weight excluding hydrogens is 408 g/mol. The van der Waals surface area contributed by atoms with Gasteiger partial charge in [0.05, 0.1) is 18.7 Å². The zero-order valence-electron chi connectivity index (χ0n) is 19.2. The monoisotopic (exact) mass is 438 g/mol. The molecule has 1 aliphatic heterocycles. The fourth-order valence-electron chi connectivity index (χ4n) is 3.84. The fourth-order valence-corrected chi connectivity index (χ4v) is 3.84. The molecule has 1 atom stereocenters. The molecule has 32 heavy (non-hydrogen) atoms. The van der Waals surface area contributed by atoms with Crippen molar-refractivity contribution in [2.24, 2.45) is 0 Å². The van der Waals surface area contributed by atoms with Crippen LogP contribution in [0.25, 0.3) is 0 Å². The Bertz CT molecular complexity index is 982. The van der Waals surface area contributed by atoms with Crippen LogP contribution in [0.15, 0.2) is 48.5 Å². The van der Waals surface area contributed by atoms with Crippen molar-refractivity contribution in [3.05, 3.63) is 65.2 Å². The fraction of sp³-hybridized carbons (Fsp3) is 0.400. The molecule has 1 fully saturated rings. The summed E-state index contributed by atoms with van der Waals surface area (Å²) in [4.78, 5) is 42.2. The highest BCUT2D eigenvalue weighted by Gasteiger charge is 2.45. The molecule has 1 unspecified atom stereocenters. The van der Waals surface area contributed by atoms with Crippen LogP contribution in [0, 0.1) is 6.92 Å². The largest absolute Gasteiger partial charge is 0.354 e. The predicted octanol–water partition coefficient (Wildman–Crippen LogP) is 3.51. The van der Waals surface area contributed by atoms with E-state index >= 15 is 0 Å². The van der Waals surface area contributed by atoms with Crippen LogP contribution in [0.4, 0.5) is 5.69 Å². The quantitative estimate of drug-likeness (QED) is 0.466. The van der Waals surface area contributed by atoms with Crippen molar-refractivity contribution in [1.29, 1.82) is 0 Å². The third-order valence-corrected chi connectivity index (χ3v) is 5.71. The van der Waals surface area contributed by atoms with E-state index in [-0.39, 0.29) is 24.8 Å². The van der Waals surface area contributed by atoms with E-state index in [0.29, 0.717) is 17.2 Å². The first-order valence-electron chi connectivity index (χ1n) is 10.7. The number of hydrogen-bond acceptors (Lipinski definition) is 5. The summed E-state index contributed by atoms with van der Waals surface area (Å²) < 4.78 is 10.6. The maximum absolute atomic E-state index is 13.4. The smallest absolute Gasteiger partial charge is 0.257 e. The number of anilines is 1. The maximum atomic E-state index is 13.4. The predicted molar refractivity (Wildman–Crippen MR) is 121 cm³/mol. The lowest BCUT2D eigenvalue weighted by atomic mass is 10.0. The Balaban J connectivity index is 1.93. The average molecular weight is 439 g/mol. The lowest BCUT2D eigenvalue weighted by Gasteiger charge is -2.30. The number of methoxy groups -OCH3 is 2. The number of hydrogen-bond donors (Lipinski definition) is 0. The van der Waals surface area contributed by atoms with E-state index in [1.807, 2.05) is 25.1 Å². The lowest BCUT2D eigenvalue weighted by Crippen LogP contribution is -2.49. The molecule has 0 radical (unpaired) electrons. The van der Waals surface area contributed by atoms with Crippen molar-refractivity contribution < 1.29 is 23.9 Å². The van der Waals surface area contributed by atoms with Gasteiger partial charge < -0.3 is 14.4 Å². The summed E-state index contributed by atoms with van der Waals surface area (Å²) in [5.41, 5.74) is 2.98. The highest BCUT2D eigenvalue weighted by molar-refractivity contribution is 6.23. The lowest BCUT2D eigenvalue weighted by molar-refractivity contribution is -0.128. The van der Waals surface area contributed by atoms with Gasteiger partial charge in [-0.3, -0.25) is 14.4 Å². The van der Waals surface area contributed by atoms with Crippen molar-refractivity contribution >= 4 is 23.4 Å². The summed E-state index contributed by atoms with van der Waals surface area (Å²) >= 11 is 0. The van der Waals surface area contributed by atoms with Gasteiger partial charge in [0, 0.05) is 19.8 Å². The molecule has 0 saturated carbocycles. The van der Waals surface area contributed by atoms with Gasteiger partial charge in [-0.15, -0.1) is 0 Å². The van der Waals surface area contributed by atoms with E-state index in [2.05, 4.69) is 13.8 Å². The molecule has 0 aromatic heterocycles. The Morgan fingerprint density at radius 3 is 2.31 bits per heavy atom. The van der Waals surface area contributed by atoms with Crippen LogP contribution < -0.4 is 4.90 Å². The van der Waals surface area contributed by atoms with E-state index in [9.17, 15) is 14.4 Å². The van der Waals surface area contributed by atoms with Crippen molar-refractivity contribution in [2.75, 3.05) is 25.7 Å². The third-order valence-electron chi connectivity index (χ3n) is 5.71. The Morgan fingerprint density at radius 1 is 1.09 bits per heavy atom. The zero-order chi connectivity index (χ0) is 23.4. The van der Waals surface area contributed by atoms with Crippen molar-refractivity contribution in [2.45, 2.75) is 45.4 Å². The molecule has 1 saturated heterocycles. The molecule has 0 bridgehead atoms. The van der Waals surface area contributed by atoms with Gasteiger partial charge in [-0.25, -0.2) is 4.90 Å². The molecule has 1 heterocycles. The SMILES string of the molecule is COC(CN(C(=O)c1cccc(C)c1)C1CC(=O)N(c2ccc(C(C)C)cc2)C1=O)OC. The van der Waals surface area contributed by atoms with Crippen molar-refractivity contribution in [3.63, 3.8) is 0 Å². The van der Waals surface area contributed by atoms with Crippen LogP contribution in [0.5, 0.6) is 0 Å². The van der Waals surface area contributed by atoms with Gasteiger partial charge in [0.25, 0.3) is 11.8 Å². The Kier molecular flexibility index (Phi) is 7.43. The van der Waals surface area contributed by atoms with Crippen LogP contribution in [-0.2, 0) is 19.1 Å². The van der Waals surface area contributed by atoms with Crippen molar-refractivity contribution in [1.82, 2.24) is 4.90 Å². The third kappa shape index (κ3) is 4.89. The number of aryl methyl sites for hydroxylation is 1. The molecular formula is C25H30N2O5. The van der Waals surface area contributed by atoms with E-state index < -0.39 is 18.2 Å². The Hall–Kier alpha value is -3.03. The maximum Gasteiger partial charge on any atom is 0.257 e. The van der Waals surface area contributed by atoms with Gasteiger partial charge in [0.1, 0.15) is 6.04 Å². The van der Waals surface area contributed by atoms with Gasteiger partial charge in [-0.05, 0) is 42.7 Å². The summed E-state index contributed by atoms with van der Waals surface area (Å²) in [5.74, 6) is -0.787. The molecule has 1 aliphatic rings. The zero-order valence-corrected chi connectivity index (χ0v) is 19.2. The Morgan fingerprint density at radius 2 is 1.75 bits per heavy atom. The summed E-state index contributed by atoms with van der Waals surface area (Å²) in [7, 11) is 2.93. The number of carbonyl (C=O) groups is 3. The second kappa shape index (κ2) is 10.1. The van der Waals surface area contributed by atoms with Gasteiger partial charge in [-0.1, -0.05) is 43.7 Å². The van der Waals surface area contributed by atoms with Crippen LogP contribution in [-0.4, -0.2) is 55.7 Å². The minimum absolute atomic E-state index is 0.0174. The summed E-state index contributed by atoms with van der Waals surface area (Å²) in [6, 6.07) is 13.6. The molecule has 2 aromatic carbocycles. The number of carbonyl (C=O) groups excluding carboxylic acids is 3. The molecule has 0 spiro atoms. The van der Waals surface area contributed by atoms with E-state index in [0.717, 1.165) is 11.1 Å².